The molecule has 2 rings (SSSR count). The summed E-state index contributed by atoms with van der Waals surface area (Å²) in [5.41, 5.74) is 5.89. The van der Waals surface area contributed by atoms with E-state index in [0.29, 0.717) is 5.56 Å². The molecule has 1 heterocycles. The van der Waals surface area contributed by atoms with Gasteiger partial charge in [0.05, 0.1) is 0 Å². The van der Waals surface area contributed by atoms with Crippen LogP contribution in [0.1, 0.15) is 23.0 Å². The van der Waals surface area contributed by atoms with Crippen LogP contribution < -0.4 is 16.0 Å². The Bertz CT molecular complexity index is 716. The normalized spacial score (nSPS) is 13.0. The van der Waals surface area contributed by atoms with Gasteiger partial charge in [0, 0.05) is 26.0 Å². The Hall–Kier alpha value is -2.89. The number of anilines is 1. The van der Waals surface area contributed by atoms with Crippen molar-refractivity contribution in [1.82, 2.24) is 10.3 Å². The number of rotatable bonds is 5. The van der Waals surface area contributed by atoms with Crippen LogP contribution in [0.5, 0.6) is 0 Å². The first kappa shape index (κ1) is 16.5. The summed E-state index contributed by atoms with van der Waals surface area (Å²) < 4.78 is 0. The lowest BCUT2D eigenvalue weighted by Gasteiger charge is -2.28. The summed E-state index contributed by atoms with van der Waals surface area (Å²) in [7, 11) is 3.74. The third kappa shape index (κ3) is 3.48. The van der Waals surface area contributed by atoms with E-state index in [4.69, 9.17) is 5.73 Å². The predicted molar refractivity (Wildman–Crippen MR) is 89.0 cm³/mol. The average molecular weight is 312 g/mol. The highest BCUT2D eigenvalue weighted by atomic mass is 16.2. The third-order valence-corrected chi connectivity index (χ3v) is 3.70. The molecular weight excluding hydrogens is 292 g/mol. The molecule has 0 saturated carbocycles. The second-order valence-electron chi connectivity index (χ2n) is 5.60. The molecule has 0 aliphatic heterocycles. The minimum absolute atomic E-state index is 0.222. The van der Waals surface area contributed by atoms with Crippen LogP contribution in [-0.2, 0) is 10.3 Å². The maximum absolute atomic E-state index is 12.5. The van der Waals surface area contributed by atoms with Gasteiger partial charge in [0.1, 0.15) is 11.2 Å². The van der Waals surface area contributed by atoms with E-state index in [-0.39, 0.29) is 5.69 Å². The van der Waals surface area contributed by atoms with Gasteiger partial charge in [-0.15, -0.1) is 0 Å². The van der Waals surface area contributed by atoms with Crippen molar-refractivity contribution in [3.8, 4) is 0 Å². The highest BCUT2D eigenvalue weighted by molar-refractivity contribution is 5.98. The Morgan fingerprint density at radius 3 is 2.39 bits per heavy atom. The van der Waals surface area contributed by atoms with Crippen LogP contribution in [0.4, 0.5) is 5.69 Å². The maximum Gasteiger partial charge on any atom is 0.271 e. The number of nitrogens with two attached hydrogens (primary N) is 1. The molecule has 120 valence electrons. The molecule has 0 fully saturated rings. The molecule has 2 amide bonds. The quantitative estimate of drug-likeness (QED) is 0.870. The van der Waals surface area contributed by atoms with Crippen molar-refractivity contribution in [3.05, 3.63) is 59.9 Å². The second kappa shape index (κ2) is 6.48. The van der Waals surface area contributed by atoms with Crippen molar-refractivity contribution in [2.75, 3.05) is 19.0 Å². The summed E-state index contributed by atoms with van der Waals surface area (Å²) in [6.45, 7) is 1.58. The van der Waals surface area contributed by atoms with Gasteiger partial charge in [-0.2, -0.15) is 0 Å². The number of primary amides is 1. The van der Waals surface area contributed by atoms with Crippen molar-refractivity contribution in [3.63, 3.8) is 0 Å². The van der Waals surface area contributed by atoms with Crippen LogP contribution in [0.25, 0.3) is 0 Å². The zero-order valence-corrected chi connectivity index (χ0v) is 13.4. The van der Waals surface area contributed by atoms with Crippen molar-refractivity contribution in [1.29, 1.82) is 0 Å². The first-order chi connectivity index (χ1) is 10.8. The summed E-state index contributed by atoms with van der Waals surface area (Å²) in [5, 5.41) is 2.70. The van der Waals surface area contributed by atoms with Gasteiger partial charge >= 0.3 is 0 Å². The molecule has 1 aromatic heterocycles. The number of nitrogens with zero attached hydrogens (tertiary/aromatic N) is 2. The summed E-state index contributed by atoms with van der Waals surface area (Å²) in [6, 6.07) is 12.3. The number of nitrogens with one attached hydrogen (secondary N) is 1. The lowest BCUT2D eigenvalue weighted by Crippen LogP contribution is -2.52. The number of amides is 2. The molecule has 3 N–H and O–H groups in total. The molecule has 2 aromatic rings. The first-order valence-electron chi connectivity index (χ1n) is 7.16. The van der Waals surface area contributed by atoms with E-state index in [1.54, 1.807) is 49.5 Å². The number of hydrogen-bond acceptors (Lipinski definition) is 4. The molecular formula is C17H20N4O2. The van der Waals surface area contributed by atoms with Crippen LogP contribution in [0.15, 0.2) is 48.7 Å². The molecule has 0 unspecified atom stereocenters. The van der Waals surface area contributed by atoms with Crippen LogP contribution in [0.3, 0.4) is 0 Å². The topological polar surface area (TPSA) is 88.3 Å². The van der Waals surface area contributed by atoms with E-state index in [1.165, 1.54) is 0 Å². The summed E-state index contributed by atoms with van der Waals surface area (Å²) in [5.74, 6) is -1.10. The fourth-order valence-electron chi connectivity index (χ4n) is 2.16. The highest BCUT2D eigenvalue weighted by Gasteiger charge is 2.35. The van der Waals surface area contributed by atoms with Gasteiger partial charge in [0.15, 0.2) is 0 Å². The molecule has 6 heteroatoms. The van der Waals surface area contributed by atoms with E-state index >= 15 is 0 Å². The average Bonchev–Trinajstić information content (AvgIpc) is 2.55. The van der Waals surface area contributed by atoms with Crippen molar-refractivity contribution >= 4 is 17.5 Å². The van der Waals surface area contributed by atoms with Crippen LogP contribution in [-0.4, -0.2) is 30.9 Å². The minimum Gasteiger partial charge on any atom is -0.378 e. The Morgan fingerprint density at radius 2 is 1.83 bits per heavy atom. The molecule has 0 bridgehead atoms. The van der Waals surface area contributed by atoms with Gasteiger partial charge in [0.2, 0.25) is 5.91 Å². The SMILES string of the molecule is CN(C)c1ccnc(C(=O)N[C@@](C)(C(N)=O)c2ccccc2)c1. The molecule has 1 atom stereocenters. The number of carbonyl (C=O) groups is 2. The molecule has 0 saturated heterocycles. The monoisotopic (exact) mass is 312 g/mol. The van der Waals surface area contributed by atoms with Gasteiger partial charge < -0.3 is 16.0 Å². The van der Waals surface area contributed by atoms with E-state index < -0.39 is 17.4 Å². The van der Waals surface area contributed by atoms with Crippen molar-refractivity contribution < 1.29 is 9.59 Å². The third-order valence-electron chi connectivity index (χ3n) is 3.70. The van der Waals surface area contributed by atoms with Crippen LogP contribution in [0, 0.1) is 0 Å². The molecule has 6 nitrogen and oxygen atoms in total. The molecule has 0 radical (unpaired) electrons. The Morgan fingerprint density at radius 1 is 1.17 bits per heavy atom. The van der Waals surface area contributed by atoms with Gasteiger partial charge in [-0.05, 0) is 24.6 Å². The molecule has 0 spiro atoms. The Labute approximate surface area is 135 Å². The first-order valence-corrected chi connectivity index (χ1v) is 7.16. The molecule has 0 aliphatic carbocycles. The van der Waals surface area contributed by atoms with Crippen molar-refractivity contribution in [2.45, 2.75) is 12.5 Å². The largest absolute Gasteiger partial charge is 0.378 e. The predicted octanol–water partition coefficient (Wildman–Crippen LogP) is 1.28. The summed E-state index contributed by atoms with van der Waals surface area (Å²) in [4.78, 5) is 30.4. The van der Waals surface area contributed by atoms with Gasteiger partial charge in [-0.25, -0.2) is 0 Å². The fraction of sp³-hybridized carbons (Fsp3) is 0.235. The van der Waals surface area contributed by atoms with Crippen LogP contribution >= 0.6 is 0 Å². The lowest BCUT2D eigenvalue weighted by molar-refractivity contribution is -0.123. The van der Waals surface area contributed by atoms with Crippen LogP contribution in [0.2, 0.25) is 0 Å². The van der Waals surface area contributed by atoms with Gasteiger partial charge in [0.25, 0.3) is 5.91 Å². The standard InChI is InChI=1S/C17H20N4O2/c1-17(16(18)23,12-7-5-4-6-8-12)20-15(22)14-11-13(21(2)3)9-10-19-14/h4-11H,1-3H3,(H2,18,23)(H,20,22)/t17-/m1/s1. The summed E-state index contributed by atoms with van der Waals surface area (Å²) >= 11 is 0. The number of hydrogen-bond donors (Lipinski definition) is 2. The van der Waals surface area contributed by atoms with Crippen molar-refractivity contribution in [2.24, 2.45) is 5.73 Å². The number of benzene rings is 1. The van der Waals surface area contributed by atoms with Gasteiger partial charge in [-0.3, -0.25) is 14.6 Å². The Kier molecular flexibility index (Phi) is 4.64. The maximum atomic E-state index is 12.5. The zero-order chi connectivity index (χ0) is 17.0. The van der Waals surface area contributed by atoms with E-state index in [0.717, 1.165) is 5.69 Å². The second-order valence-corrected chi connectivity index (χ2v) is 5.60. The van der Waals surface area contributed by atoms with E-state index in [1.807, 2.05) is 25.1 Å². The lowest BCUT2D eigenvalue weighted by atomic mass is 9.91. The van der Waals surface area contributed by atoms with E-state index in [9.17, 15) is 9.59 Å². The Balaban J connectivity index is 2.33. The number of carbonyl (C=O) groups excluding carboxylic acids is 2. The summed E-state index contributed by atoms with van der Waals surface area (Å²) in [6.07, 6.45) is 1.55. The molecule has 23 heavy (non-hydrogen) atoms. The zero-order valence-electron chi connectivity index (χ0n) is 13.4. The number of pyridine rings is 1. The fourth-order valence-corrected chi connectivity index (χ4v) is 2.16. The minimum atomic E-state index is -1.31. The van der Waals surface area contributed by atoms with E-state index in [2.05, 4.69) is 10.3 Å². The smallest absolute Gasteiger partial charge is 0.271 e. The number of aromatic nitrogens is 1. The molecule has 1 aromatic carbocycles. The molecule has 0 aliphatic rings. The highest BCUT2D eigenvalue weighted by Crippen LogP contribution is 2.21. The van der Waals surface area contributed by atoms with Gasteiger partial charge in [-0.1, -0.05) is 30.3 Å².